The van der Waals surface area contributed by atoms with Crippen molar-refractivity contribution < 1.29 is 13.2 Å². The monoisotopic (exact) mass is 348 g/mol. The quantitative estimate of drug-likeness (QED) is 0.512. The Labute approximate surface area is 137 Å². The summed E-state index contributed by atoms with van der Waals surface area (Å²) in [4.78, 5) is 12.1. The molecule has 23 heavy (non-hydrogen) atoms. The summed E-state index contributed by atoms with van der Waals surface area (Å²) in [5, 5.41) is 18.6. The van der Waals surface area contributed by atoms with Crippen LogP contribution in [0.1, 0.15) is 11.1 Å². The second-order valence-corrected chi connectivity index (χ2v) is 7.85. The number of nitriles is 1. The van der Waals surface area contributed by atoms with Crippen molar-refractivity contribution in [2.24, 2.45) is 0 Å². The van der Waals surface area contributed by atoms with E-state index in [0.717, 1.165) is 23.2 Å². The number of aromatic nitrogens is 2. The molecule has 0 radical (unpaired) electrons. The number of benzene rings is 1. The van der Waals surface area contributed by atoms with Crippen LogP contribution in [0.3, 0.4) is 0 Å². The minimum Gasteiger partial charge on any atom is -0.296 e. The lowest BCUT2D eigenvalue weighted by Crippen LogP contribution is -2.13. The van der Waals surface area contributed by atoms with Crippen LogP contribution >= 0.6 is 11.3 Å². The predicted molar refractivity (Wildman–Crippen MR) is 86.4 cm³/mol. The van der Waals surface area contributed by atoms with Crippen LogP contribution in [0.2, 0.25) is 0 Å². The van der Waals surface area contributed by atoms with E-state index in [0.29, 0.717) is 5.56 Å². The third kappa shape index (κ3) is 4.45. The maximum atomic E-state index is 12.1. The van der Waals surface area contributed by atoms with Crippen molar-refractivity contribution in [3.8, 4) is 6.07 Å². The maximum absolute atomic E-state index is 12.1. The lowest BCUT2D eigenvalue weighted by Gasteiger charge is -2.00. The van der Waals surface area contributed by atoms with E-state index in [1.165, 1.54) is 6.08 Å². The lowest BCUT2D eigenvalue weighted by molar-refractivity contribution is -0.112. The average Bonchev–Trinajstić information content (AvgIpc) is 2.95. The Morgan fingerprint density at radius 3 is 2.48 bits per heavy atom. The third-order valence-electron chi connectivity index (χ3n) is 2.70. The smallest absolute Gasteiger partial charge is 0.268 e. The highest BCUT2D eigenvalue weighted by atomic mass is 32.2. The van der Waals surface area contributed by atoms with Crippen LogP contribution < -0.4 is 5.32 Å². The number of anilines is 1. The van der Waals surface area contributed by atoms with Crippen LogP contribution in [0.15, 0.2) is 34.2 Å². The van der Waals surface area contributed by atoms with Gasteiger partial charge in [-0.3, -0.25) is 10.1 Å². The number of amides is 1. The summed E-state index contributed by atoms with van der Waals surface area (Å²) in [5.74, 6) is -0.677. The molecule has 1 aromatic carbocycles. The lowest BCUT2D eigenvalue weighted by atomic mass is 10.1. The molecule has 1 aromatic heterocycles. The summed E-state index contributed by atoms with van der Waals surface area (Å²) < 4.78 is 22.4. The molecule has 1 heterocycles. The van der Waals surface area contributed by atoms with Gasteiger partial charge in [0.2, 0.25) is 19.3 Å². The first-order chi connectivity index (χ1) is 10.8. The fourth-order valence-electron chi connectivity index (χ4n) is 1.55. The van der Waals surface area contributed by atoms with E-state index in [1.54, 1.807) is 12.1 Å². The number of carbonyl (C=O) groups excluding carboxylic acids is 1. The molecular formula is C14H12N4O3S2. The van der Waals surface area contributed by atoms with Crippen molar-refractivity contribution in [2.75, 3.05) is 11.6 Å². The van der Waals surface area contributed by atoms with Gasteiger partial charge in [-0.1, -0.05) is 41.2 Å². The second-order valence-electron chi connectivity index (χ2n) is 4.68. The molecule has 0 aliphatic rings. The summed E-state index contributed by atoms with van der Waals surface area (Å²) in [7, 11) is -3.48. The van der Waals surface area contributed by atoms with Gasteiger partial charge in [-0.15, -0.1) is 10.2 Å². The molecule has 0 aliphatic carbocycles. The van der Waals surface area contributed by atoms with E-state index in [9.17, 15) is 13.2 Å². The van der Waals surface area contributed by atoms with Gasteiger partial charge in [-0.05, 0) is 18.6 Å². The molecule has 0 unspecified atom stereocenters. The minimum atomic E-state index is -3.48. The molecule has 1 amide bonds. The highest BCUT2D eigenvalue weighted by Crippen LogP contribution is 2.20. The standard InChI is InChI=1S/C14H12N4O3S2/c1-9-3-5-10(6-4-9)7-11(8-15)12(19)16-13-17-18-14(22-13)23(2,20)21/h3-7H,1-2H3,(H,16,17,19)/b11-7-. The first-order valence-electron chi connectivity index (χ1n) is 6.33. The first-order valence-corrected chi connectivity index (χ1v) is 9.04. The van der Waals surface area contributed by atoms with Crippen LogP contribution in [0, 0.1) is 18.3 Å². The van der Waals surface area contributed by atoms with Gasteiger partial charge in [0.15, 0.2) is 0 Å². The number of aryl methyl sites for hydroxylation is 1. The van der Waals surface area contributed by atoms with Crippen LogP contribution in [-0.4, -0.2) is 30.8 Å². The fourth-order valence-corrected chi connectivity index (χ4v) is 3.06. The highest BCUT2D eigenvalue weighted by molar-refractivity contribution is 7.92. The molecular weight excluding hydrogens is 336 g/mol. The van der Waals surface area contributed by atoms with Crippen molar-refractivity contribution >= 4 is 38.3 Å². The zero-order valence-electron chi connectivity index (χ0n) is 12.3. The summed E-state index contributed by atoms with van der Waals surface area (Å²) in [6.07, 6.45) is 2.43. The van der Waals surface area contributed by atoms with E-state index >= 15 is 0 Å². The molecule has 0 spiro atoms. The molecule has 1 N–H and O–H groups in total. The van der Waals surface area contributed by atoms with E-state index in [1.807, 2.05) is 25.1 Å². The van der Waals surface area contributed by atoms with Crippen LogP contribution in [0.25, 0.3) is 6.08 Å². The number of hydrogen-bond donors (Lipinski definition) is 1. The topological polar surface area (TPSA) is 113 Å². The van der Waals surface area contributed by atoms with Crippen LogP contribution in [0.5, 0.6) is 0 Å². The molecule has 2 aromatic rings. The molecule has 9 heteroatoms. The molecule has 0 bridgehead atoms. The second kappa shape index (κ2) is 6.68. The largest absolute Gasteiger partial charge is 0.296 e. The highest BCUT2D eigenvalue weighted by Gasteiger charge is 2.17. The average molecular weight is 348 g/mol. The Morgan fingerprint density at radius 1 is 1.30 bits per heavy atom. The summed E-state index contributed by atoms with van der Waals surface area (Å²) in [6.45, 7) is 1.93. The number of carbonyl (C=O) groups is 1. The van der Waals surface area contributed by atoms with Crippen molar-refractivity contribution in [3.63, 3.8) is 0 Å². The number of sulfone groups is 1. The molecule has 0 saturated heterocycles. The van der Waals surface area contributed by atoms with Gasteiger partial charge >= 0.3 is 0 Å². The van der Waals surface area contributed by atoms with Crippen LogP contribution in [0.4, 0.5) is 5.13 Å². The minimum absolute atomic E-state index is 0.0143. The Balaban J connectivity index is 2.19. The number of rotatable bonds is 4. The maximum Gasteiger partial charge on any atom is 0.268 e. The predicted octanol–water partition coefficient (Wildman–Crippen LogP) is 1.80. The number of nitrogens with zero attached hydrogens (tertiary/aromatic N) is 3. The molecule has 0 fully saturated rings. The fraction of sp³-hybridized carbons (Fsp3) is 0.143. The van der Waals surface area contributed by atoms with Gasteiger partial charge in [-0.2, -0.15) is 5.26 Å². The molecule has 7 nitrogen and oxygen atoms in total. The van der Waals surface area contributed by atoms with Crippen molar-refractivity contribution in [1.82, 2.24) is 10.2 Å². The molecule has 2 rings (SSSR count). The van der Waals surface area contributed by atoms with E-state index in [-0.39, 0.29) is 15.0 Å². The van der Waals surface area contributed by atoms with Crippen LogP contribution in [-0.2, 0) is 14.6 Å². The Bertz CT molecular complexity index is 906. The van der Waals surface area contributed by atoms with Gasteiger partial charge in [0.05, 0.1) is 0 Å². The molecule has 0 saturated carbocycles. The molecule has 0 aliphatic heterocycles. The molecule has 118 valence electrons. The van der Waals surface area contributed by atoms with Gasteiger partial charge < -0.3 is 0 Å². The van der Waals surface area contributed by atoms with Crippen molar-refractivity contribution in [3.05, 3.63) is 41.0 Å². The van der Waals surface area contributed by atoms with Gasteiger partial charge in [0.1, 0.15) is 11.6 Å². The summed E-state index contributed by atoms with van der Waals surface area (Å²) >= 11 is 0.726. The first kappa shape index (κ1) is 16.8. The molecule has 0 atom stereocenters. The Morgan fingerprint density at radius 2 is 1.96 bits per heavy atom. The Kier molecular flexibility index (Phi) is 4.88. The van der Waals surface area contributed by atoms with Crippen molar-refractivity contribution in [1.29, 1.82) is 5.26 Å². The summed E-state index contributed by atoms with van der Waals surface area (Å²) in [6, 6.07) is 9.10. The summed E-state index contributed by atoms with van der Waals surface area (Å²) in [5.41, 5.74) is 1.65. The zero-order valence-corrected chi connectivity index (χ0v) is 13.9. The normalized spacial score (nSPS) is 11.8. The van der Waals surface area contributed by atoms with E-state index in [4.69, 9.17) is 5.26 Å². The van der Waals surface area contributed by atoms with E-state index < -0.39 is 15.7 Å². The third-order valence-corrected chi connectivity index (χ3v) is 5.21. The SMILES string of the molecule is Cc1ccc(/C=C(/C#N)C(=O)Nc2nnc(S(C)(=O)=O)s2)cc1. The number of nitrogens with one attached hydrogen (secondary N) is 1. The number of hydrogen-bond acceptors (Lipinski definition) is 7. The van der Waals surface area contributed by atoms with Gasteiger partial charge in [-0.25, -0.2) is 8.42 Å². The Hall–Kier alpha value is -2.57. The zero-order chi connectivity index (χ0) is 17.0. The van der Waals surface area contributed by atoms with Gasteiger partial charge in [0.25, 0.3) is 5.91 Å². The van der Waals surface area contributed by atoms with Gasteiger partial charge in [0, 0.05) is 6.26 Å². The van der Waals surface area contributed by atoms with E-state index in [2.05, 4.69) is 15.5 Å². The van der Waals surface area contributed by atoms with Crippen molar-refractivity contribution in [2.45, 2.75) is 11.3 Å².